The molecule has 2 heterocycles. The van der Waals surface area contributed by atoms with Gasteiger partial charge >= 0.3 is 0 Å². The minimum Gasteiger partial charge on any atom is -0.354 e. The molecule has 3 atom stereocenters. The molecular formula is C20H39ClN4O2. The Morgan fingerprint density at radius 3 is 2.33 bits per heavy atom. The van der Waals surface area contributed by atoms with E-state index in [0.717, 1.165) is 45.3 Å². The fourth-order valence-corrected chi connectivity index (χ4v) is 4.37. The van der Waals surface area contributed by atoms with Gasteiger partial charge in [0.05, 0.1) is 12.1 Å². The molecule has 7 heteroatoms. The number of piperidine rings is 1. The normalized spacial score (nSPS) is 24.6. The second-order valence-corrected chi connectivity index (χ2v) is 8.51. The smallest absolute Gasteiger partial charge is 0.240 e. The molecule has 2 rings (SSSR count). The quantitative estimate of drug-likeness (QED) is 0.683. The van der Waals surface area contributed by atoms with E-state index in [1.807, 2.05) is 11.8 Å². The van der Waals surface area contributed by atoms with Crippen LogP contribution in [-0.2, 0) is 9.59 Å². The highest BCUT2D eigenvalue weighted by atomic mass is 35.5. The number of nitrogens with one attached hydrogen (secondary N) is 2. The number of likely N-dealkylation sites (tertiary alicyclic amines) is 1. The zero-order valence-corrected chi connectivity index (χ0v) is 18.5. The molecule has 0 aromatic heterocycles. The van der Waals surface area contributed by atoms with Crippen LogP contribution in [0.15, 0.2) is 0 Å². The summed E-state index contributed by atoms with van der Waals surface area (Å²) in [5, 5.41) is 6.37. The fourth-order valence-electron chi connectivity index (χ4n) is 4.37. The summed E-state index contributed by atoms with van der Waals surface area (Å²) >= 11 is 0. The fraction of sp³-hybridized carbons (Fsp3) is 0.900. The summed E-state index contributed by atoms with van der Waals surface area (Å²) in [7, 11) is 0. The van der Waals surface area contributed by atoms with E-state index < -0.39 is 0 Å². The van der Waals surface area contributed by atoms with Crippen molar-refractivity contribution < 1.29 is 9.59 Å². The molecule has 0 radical (unpaired) electrons. The van der Waals surface area contributed by atoms with Crippen molar-refractivity contribution in [1.29, 1.82) is 0 Å². The second kappa shape index (κ2) is 11.2. The van der Waals surface area contributed by atoms with Gasteiger partial charge in [0.2, 0.25) is 11.8 Å². The van der Waals surface area contributed by atoms with Crippen LogP contribution in [0.2, 0.25) is 0 Å². The van der Waals surface area contributed by atoms with Crippen molar-refractivity contribution in [3.05, 3.63) is 0 Å². The van der Waals surface area contributed by atoms with E-state index in [-0.39, 0.29) is 48.4 Å². The van der Waals surface area contributed by atoms with Crippen LogP contribution in [-0.4, -0.2) is 72.0 Å². The van der Waals surface area contributed by atoms with Gasteiger partial charge in [0, 0.05) is 25.2 Å². The lowest BCUT2D eigenvalue weighted by atomic mass is 9.96. The van der Waals surface area contributed by atoms with Gasteiger partial charge in [0.1, 0.15) is 0 Å². The molecule has 2 fully saturated rings. The van der Waals surface area contributed by atoms with Crippen molar-refractivity contribution in [2.75, 3.05) is 26.2 Å². The van der Waals surface area contributed by atoms with Gasteiger partial charge in [0.25, 0.3) is 0 Å². The molecule has 2 saturated heterocycles. The van der Waals surface area contributed by atoms with E-state index in [9.17, 15) is 9.59 Å². The summed E-state index contributed by atoms with van der Waals surface area (Å²) in [6.45, 7) is 13.9. The van der Waals surface area contributed by atoms with E-state index in [1.165, 1.54) is 0 Å². The summed E-state index contributed by atoms with van der Waals surface area (Å²) in [6.07, 6.45) is 4.22. The average Bonchev–Trinajstić information content (AvgIpc) is 3.13. The third-order valence-corrected chi connectivity index (χ3v) is 5.76. The molecule has 0 saturated carbocycles. The lowest BCUT2D eigenvalue weighted by Crippen LogP contribution is -2.54. The maximum Gasteiger partial charge on any atom is 0.240 e. The topological polar surface area (TPSA) is 64.7 Å². The Morgan fingerprint density at radius 2 is 1.78 bits per heavy atom. The average molecular weight is 403 g/mol. The van der Waals surface area contributed by atoms with Crippen molar-refractivity contribution in [2.24, 2.45) is 5.92 Å². The molecule has 3 unspecified atom stereocenters. The van der Waals surface area contributed by atoms with Gasteiger partial charge in [-0.25, -0.2) is 0 Å². The molecule has 0 aromatic rings. The van der Waals surface area contributed by atoms with E-state index in [0.29, 0.717) is 12.5 Å². The van der Waals surface area contributed by atoms with Crippen molar-refractivity contribution in [3.8, 4) is 0 Å². The number of carbonyl (C=O) groups is 2. The minimum absolute atomic E-state index is 0. The number of amides is 2. The third kappa shape index (κ3) is 6.61. The molecule has 2 N–H and O–H groups in total. The van der Waals surface area contributed by atoms with Gasteiger partial charge in [-0.3, -0.25) is 14.5 Å². The molecule has 0 spiro atoms. The van der Waals surface area contributed by atoms with Crippen LogP contribution in [0.4, 0.5) is 0 Å². The highest BCUT2D eigenvalue weighted by molar-refractivity contribution is 5.85. The standard InChI is InChI=1S/C20H38N4O2.ClH/c1-14(2)24(15(3)4)20(26)16(5)23-11-7-8-17(13-23)12-22-19(25)18-9-6-10-21-18;/h14-18,21H,6-13H2,1-5H3,(H,22,25);1H. The predicted octanol–water partition coefficient (Wildman–Crippen LogP) is 2.02. The van der Waals surface area contributed by atoms with E-state index in [1.54, 1.807) is 0 Å². The number of rotatable bonds is 7. The summed E-state index contributed by atoms with van der Waals surface area (Å²) in [5.41, 5.74) is 0. The third-order valence-electron chi connectivity index (χ3n) is 5.76. The van der Waals surface area contributed by atoms with E-state index in [2.05, 4.69) is 43.2 Å². The van der Waals surface area contributed by atoms with Gasteiger partial charge in [-0.1, -0.05) is 0 Å². The van der Waals surface area contributed by atoms with Crippen molar-refractivity contribution in [2.45, 2.75) is 84.5 Å². The molecule has 0 aromatic carbocycles. The molecule has 0 bridgehead atoms. The summed E-state index contributed by atoms with van der Waals surface area (Å²) < 4.78 is 0. The Morgan fingerprint density at radius 1 is 1.11 bits per heavy atom. The van der Waals surface area contributed by atoms with Crippen LogP contribution in [0.3, 0.4) is 0 Å². The Kier molecular flexibility index (Phi) is 10.1. The van der Waals surface area contributed by atoms with Crippen LogP contribution < -0.4 is 10.6 Å². The zero-order valence-electron chi connectivity index (χ0n) is 17.7. The van der Waals surface area contributed by atoms with Crippen LogP contribution in [0, 0.1) is 5.92 Å². The second-order valence-electron chi connectivity index (χ2n) is 8.51. The molecule has 0 aliphatic carbocycles. The molecule has 27 heavy (non-hydrogen) atoms. The molecule has 2 amide bonds. The summed E-state index contributed by atoms with van der Waals surface area (Å²) in [4.78, 5) is 29.5. The van der Waals surface area contributed by atoms with Crippen molar-refractivity contribution in [3.63, 3.8) is 0 Å². The SMILES string of the molecule is CC(C(=O)N(C(C)C)C(C)C)N1CCCC(CNC(=O)C2CCCN2)C1.Cl. The van der Waals surface area contributed by atoms with Gasteiger partial charge in [-0.15, -0.1) is 12.4 Å². The first-order valence-corrected chi connectivity index (χ1v) is 10.4. The van der Waals surface area contributed by atoms with Crippen LogP contribution in [0.25, 0.3) is 0 Å². The van der Waals surface area contributed by atoms with E-state index >= 15 is 0 Å². The largest absolute Gasteiger partial charge is 0.354 e. The zero-order chi connectivity index (χ0) is 19.3. The summed E-state index contributed by atoms with van der Waals surface area (Å²) in [6, 6.07) is 0.308. The minimum atomic E-state index is -0.102. The first-order valence-electron chi connectivity index (χ1n) is 10.4. The number of nitrogens with zero attached hydrogens (tertiary/aromatic N) is 2. The molecule has 6 nitrogen and oxygen atoms in total. The highest BCUT2D eigenvalue weighted by Crippen LogP contribution is 2.20. The van der Waals surface area contributed by atoms with Crippen LogP contribution in [0.1, 0.15) is 60.3 Å². The maximum atomic E-state index is 13.0. The molecular weight excluding hydrogens is 364 g/mol. The Hall–Kier alpha value is -0.850. The molecule has 2 aliphatic rings. The maximum absolute atomic E-state index is 13.0. The van der Waals surface area contributed by atoms with Crippen LogP contribution in [0.5, 0.6) is 0 Å². The van der Waals surface area contributed by atoms with Crippen molar-refractivity contribution in [1.82, 2.24) is 20.4 Å². The Labute approximate surface area is 171 Å². The Balaban J connectivity index is 0.00000364. The predicted molar refractivity (Wildman–Crippen MR) is 112 cm³/mol. The number of carbonyl (C=O) groups excluding carboxylic acids is 2. The Bertz CT molecular complexity index is 473. The van der Waals surface area contributed by atoms with Gasteiger partial charge in [-0.05, 0) is 79.3 Å². The van der Waals surface area contributed by atoms with Crippen LogP contribution >= 0.6 is 12.4 Å². The first-order chi connectivity index (χ1) is 12.3. The number of hydrogen-bond donors (Lipinski definition) is 2. The molecule has 2 aliphatic heterocycles. The van der Waals surface area contributed by atoms with Gasteiger partial charge in [-0.2, -0.15) is 0 Å². The first kappa shape index (κ1) is 24.2. The summed E-state index contributed by atoms with van der Waals surface area (Å²) in [5.74, 6) is 0.778. The highest BCUT2D eigenvalue weighted by Gasteiger charge is 2.32. The van der Waals surface area contributed by atoms with Gasteiger partial charge < -0.3 is 15.5 Å². The molecule has 158 valence electrons. The van der Waals surface area contributed by atoms with Crippen molar-refractivity contribution >= 4 is 24.2 Å². The lowest BCUT2D eigenvalue weighted by molar-refractivity contribution is -0.141. The number of halogens is 1. The lowest BCUT2D eigenvalue weighted by Gasteiger charge is -2.40. The van der Waals surface area contributed by atoms with Gasteiger partial charge in [0.15, 0.2) is 0 Å². The monoisotopic (exact) mass is 402 g/mol. The van der Waals surface area contributed by atoms with E-state index in [4.69, 9.17) is 0 Å². The number of hydrogen-bond acceptors (Lipinski definition) is 4.